The topological polar surface area (TPSA) is 78.8 Å². The predicted molar refractivity (Wildman–Crippen MR) is 58.7 cm³/mol. The van der Waals surface area contributed by atoms with Gasteiger partial charge in [-0.25, -0.2) is 0 Å². The number of ether oxygens (including phenoxy) is 1. The molecule has 88 valence electrons. The lowest BCUT2D eigenvalue weighted by Crippen LogP contribution is -2.26. The maximum atomic E-state index is 11.5. The fourth-order valence-electron chi connectivity index (χ4n) is 1.24. The predicted octanol–water partition coefficient (Wildman–Crippen LogP) is 0.513. The first-order chi connectivity index (χ1) is 7.67. The number of aliphatic hydroxyl groups excluding tert-OH is 1. The summed E-state index contributed by atoms with van der Waals surface area (Å²) < 4.78 is 5.19. The average Bonchev–Trinajstić information content (AvgIpc) is 2.25. The maximum Gasteiger partial charge on any atom is 0.251 e. The first kappa shape index (κ1) is 12.3. The number of phenols is 1. The number of aliphatic hydroxyl groups is 1. The summed E-state index contributed by atoms with van der Waals surface area (Å²) in [6.07, 6.45) is 0. The third-order valence-electron chi connectivity index (χ3n) is 1.86. The smallest absolute Gasteiger partial charge is 0.251 e. The van der Waals surface area contributed by atoms with E-state index < -0.39 is 0 Å². The summed E-state index contributed by atoms with van der Waals surface area (Å²) in [4.78, 5) is 11.5. The van der Waals surface area contributed by atoms with Crippen LogP contribution in [0.1, 0.15) is 17.3 Å². The molecule has 1 aromatic rings. The fraction of sp³-hybridized carbons (Fsp3) is 0.364. The van der Waals surface area contributed by atoms with Crippen molar-refractivity contribution in [3.05, 3.63) is 23.8 Å². The van der Waals surface area contributed by atoms with E-state index in [-0.39, 0.29) is 24.8 Å². The third kappa shape index (κ3) is 3.43. The van der Waals surface area contributed by atoms with Gasteiger partial charge in [-0.3, -0.25) is 4.79 Å². The van der Waals surface area contributed by atoms with Crippen molar-refractivity contribution in [2.45, 2.75) is 6.92 Å². The second-order valence-electron chi connectivity index (χ2n) is 3.13. The number of nitrogens with one attached hydrogen (secondary N) is 1. The van der Waals surface area contributed by atoms with Crippen LogP contribution in [-0.4, -0.2) is 35.9 Å². The largest absolute Gasteiger partial charge is 0.508 e. The first-order valence-electron chi connectivity index (χ1n) is 5.03. The molecule has 0 bridgehead atoms. The van der Waals surface area contributed by atoms with Gasteiger partial charge in [0.1, 0.15) is 11.5 Å². The van der Waals surface area contributed by atoms with Crippen LogP contribution in [-0.2, 0) is 0 Å². The van der Waals surface area contributed by atoms with Crippen molar-refractivity contribution in [3.8, 4) is 11.5 Å². The highest BCUT2D eigenvalue weighted by molar-refractivity contribution is 5.95. The third-order valence-corrected chi connectivity index (χ3v) is 1.86. The summed E-state index contributed by atoms with van der Waals surface area (Å²) in [7, 11) is 0. The molecule has 16 heavy (non-hydrogen) atoms. The highest BCUT2D eigenvalue weighted by Gasteiger charge is 2.08. The zero-order valence-electron chi connectivity index (χ0n) is 9.06. The van der Waals surface area contributed by atoms with Gasteiger partial charge in [0.15, 0.2) is 0 Å². The molecule has 1 amide bonds. The van der Waals surface area contributed by atoms with Gasteiger partial charge in [-0.2, -0.15) is 0 Å². The number of hydrogen-bond acceptors (Lipinski definition) is 4. The summed E-state index contributed by atoms with van der Waals surface area (Å²) in [5, 5.41) is 20.4. The zero-order valence-corrected chi connectivity index (χ0v) is 9.06. The van der Waals surface area contributed by atoms with Crippen LogP contribution in [0, 0.1) is 0 Å². The summed E-state index contributed by atoms with van der Waals surface area (Å²) >= 11 is 0. The first-order valence-corrected chi connectivity index (χ1v) is 5.03. The Hall–Kier alpha value is -1.75. The van der Waals surface area contributed by atoms with Crippen molar-refractivity contribution in [2.24, 2.45) is 0 Å². The van der Waals surface area contributed by atoms with E-state index in [1.54, 1.807) is 0 Å². The van der Waals surface area contributed by atoms with E-state index in [0.717, 1.165) is 0 Å². The Bertz CT molecular complexity index is 365. The van der Waals surface area contributed by atoms with Crippen molar-refractivity contribution in [2.75, 3.05) is 19.8 Å². The molecule has 0 spiro atoms. The lowest BCUT2D eigenvalue weighted by atomic mass is 10.2. The summed E-state index contributed by atoms with van der Waals surface area (Å²) in [5.41, 5.74) is 0.303. The minimum atomic E-state index is -0.356. The lowest BCUT2D eigenvalue weighted by molar-refractivity contribution is 0.0944. The van der Waals surface area contributed by atoms with Gasteiger partial charge in [-0.15, -0.1) is 0 Å². The Labute approximate surface area is 93.7 Å². The molecular formula is C11H15NO4. The van der Waals surface area contributed by atoms with Crippen molar-refractivity contribution in [1.29, 1.82) is 0 Å². The average molecular weight is 225 g/mol. The molecule has 0 atom stereocenters. The van der Waals surface area contributed by atoms with Crippen LogP contribution < -0.4 is 10.1 Å². The van der Waals surface area contributed by atoms with E-state index in [0.29, 0.717) is 17.9 Å². The van der Waals surface area contributed by atoms with E-state index in [1.807, 2.05) is 6.92 Å². The number of hydrogen-bond donors (Lipinski definition) is 3. The second kappa shape index (κ2) is 5.97. The maximum absolute atomic E-state index is 11.5. The molecule has 0 aromatic heterocycles. The van der Waals surface area contributed by atoms with Crippen LogP contribution in [0.4, 0.5) is 0 Å². The molecule has 0 fully saturated rings. The molecular weight excluding hydrogens is 210 g/mol. The zero-order chi connectivity index (χ0) is 12.0. The van der Waals surface area contributed by atoms with Gasteiger partial charge in [0.25, 0.3) is 5.91 Å². The number of carbonyl (C=O) groups excluding carboxylic acids is 1. The van der Waals surface area contributed by atoms with Crippen molar-refractivity contribution < 1.29 is 19.7 Å². The molecule has 3 N–H and O–H groups in total. The van der Waals surface area contributed by atoms with Crippen LogP contribution in [0.3, 0.4) is 0 Å². The van der Waals surface area contributed by atoms with E-state index in [1.165, 1.54) is 18.2 Å². The number of rotatable bonds is 5. The van der Waals surface area contributed by atoms with Crippen LogP contribution in [0.25, 0.3) is 0 Å². The number of aromatic hydroxyl groups is 1. The van der Waals surface area contributed by atoms with Crippen LogP contribution in [0.5, 0.6) is 11.5 Å². The van der Waals surface area contributed by atoms with Gasteiger partial charge in [0.05, 0.1) is 13.2 Å². The Morgan fingerprint density at radius 3 is 2.81 bits per heavy atom. The van der Waals surface area contributed by atoms with Crippen molar-refractivity contribution in [1.82, 2.24) is 5.32 Å². The highest BCUT2D eigenvalue weighted by atomic mass is 16.5. The van der Waals surface area contributed by atoms with Gasteiger partial charge in [-0.05, 0) is 19.1 Å². The van der Waals surface area contributed by atoms with Crippen LogP contribution >= 0.6 is 0 Å². The van der Waals surface area contributed by atoms with Crippen LogP contribution in [0.15, 0.2) is 18.2 Å². The highest BCUT2D eigenvalue weighted by Crippen LogP contribution is 2.21. The van der Waals surface area contributed by atoms with E-state index in [2.05, 4.69) is 5.32 Å². The molecule has 0 aliphatic rings. The van der Waals surface area contributed by atoms with E-state index >= 15 is 0 Å². The van der Waals surface area contributed by atoms with Gasteiger partial charge in [-0.1, -0.05) is 0 Å². The van der Waals surface area contributed by atoms with Gasteiger partial charge in [0, 0.05) is 18.2 Å². The second-order valence-corrected chi connectivity index (χ2v) is 3.13. The molecule has 0 radical (unpaired) electrons. The molecule has 0 saturated carbocycles. The number of carbonyl (C=O) groups is 1. The van der Waals surface area contributed by atoms with Gasteiger partial charge < -0.3 is 20.3 Å². The normalized spacial score (nSPS) is 9.88. The van der Waals surface area contributed by atoms with Gasteiger partial charge >= 0.3 is 0 Å². The Morgan fingerprint density at radius 1 is 1.44 bits per heavy atom. The molecule has 0 aliphatic carbocycles. The molecule has 1 rings (SSSR count). The lowest BCUT2D eigenvalue weighted by Gasteiger charge is -2.07. The van der Waals surface area contributed by atoms with Gasteiger partial charge in [0.2, 0.25) is 0 Å². The van der Waals surface area contributed by atoms with Crippen molar-refractivity contribution in [3.63, 3.8) is 0 Å². The minimum absolute atomic E-state index is 0.0277. The molecule has 0 saturated heterocycles. The van der Waals surface area contributed by atoms with Crippen molar-refractivity contribution >= 4 is 5.91 Å². The Kier molecular flexibility index (Phi) is 4.60. The molecule has 0 aliphatic heterocycles. The molecule has 0 unspecified atom stereocenters. The standard InChI is InChI=1S/C11H15NO4/c1-2-16-10-6-8(5-9(14)7-10)11(15)12-3-4-13/h5-7,13-14H,2-4H2,1H3,(H,12,15). The minimum Gasteiger partial charge on any atom is -0.508 e. The van der Waals surface area contributed by atoms with E-state index in [4.69, 9.17) is 9.84 Å². The molecule has 1 aromatic carbocycles. The Balaban J connectivity index is 2.82. The molecule has 5 heteroatoms. The number of benzene rings is 1. The SMILES string of the molecule is CCOc1cc(O)cc(C(=O)NCCO)c1. The Morgan fingerprint density at radius 2 is 2.19 bits per heavy atom. The molecule has 5 nitrogen and oxygen atoms in total. The van der Waals surface area contributed by atoms with Crippen LogP contribution in [0.2, 0.25) is 0 Å². The monoisotopic (exact) mass is 225 g/mol. The summed E-state index contributed by atoms with van der Waals surface area (Å²) in [6.45, 7) is 2.33. The molecule has 0 heterocycles. The quantitative estimate of drug-likeness (QED) is 0.682. The number of amides is 1. The fourth-order valence-corrected chi connectivity index (χ4v) is 1.24. The number of phenolic OH excluding ortho intramolecular Hbond substituents is 1. The summed E-state index contributed by atoms with van der Waals surface area (Å²) in [6, 6.07) is 4.32. The van der Waals surface area contributed by atoms with E-state index in [9.17, 15) is 9.90 Å². The summed E-state index contributed by atoms with van der Waals surface area (Å²) in [5.74, 6) is 0.0580.